The zero-order chi connectivity index (χ0) is 7.56. The Morgan fingerprint density at radius 2 is 1.80 bits per heavy atom. The SMILES string of the molecule is C[C@@H]1C[C@H](C)CN(C=O)C1. The first-order chi connectivity index (χ1) is 4.72. The van der Waals surface area contributed by atoms with Crippen molar-refractivity contribution in [2.75, 3.05) is 13.1 Å². The first-order valence-corrected chi connectivity index (χ1v) is 3.91. The molecule has 2 atom stereocenters. The minimum atomic E-state index is 0.689. The molecular weight excluding hydrogens is 126 g/mol. The Kier molecular flexibility index (Phi) is 2.30. The molecular formula is C8H15NO. The standard InChI is InChI=1S/C8H15NO/c1-7-3-8(2)5-9(4-7)6-10/h6-8H,3-5H2,1-2H3/t7-,8+. The van der Waals surface area contributed by atoms with Gasteiger partial charge < -0.3 is 4.90 Å². The summed E-state index contributed by atoms with van der Waals surface area (Å²) in [7, 11) is 0. The highest BCUT2D eigenvalue weighted by Crippen LogP contribution is 2.19. The molecule has 1 amide bonds. The summed E-state index contributed by atoms with van der Waals surface area (Å²) in [4.78, 5) is 12.3. The number of amides is 1. The second kappa shape index (κ2) is 3.04. The Bertz CT molecular complexity index is 114. The van der Waals surface area contributed by atoms with Gasteiger partial charge in [-0.3, -0.25) is 4.79 Å². The van der Waals surface area contributed by atoms with E-state index in [9.17, 15) is 4.79 Å². The number of hydrogen-bond donors (Lipinski definition) is 0. The Labute approximate surface area is 62.2 Å². The number of rotatable bonds is 1. The maximum absolute atomic E-state index is 10.4. The summed E-state index contributed by atoms with van der Waals surface area (Å²) in [6.07, 6.45) is 2.23. The average molecular weight is 141 g/mol. The van der Waals surface area contributed by atoms with E-state index in [0.717, 1.165) is 19.5 Å². The van der Waals surface area contributed by atoms with Crippen LogP contribution in [-0.2, 0) is 4.79 Å². The average Bonchev–Trinajstić information content (AvgIpc) is 1.85. The van der Waals surface area contributed by atoms with Gasteiger partial charge in [0.05, 0.1) is 0 Å². The molecule has 1 rings (SSSR count). The van der Waals surface area contributed by atoms with Gasteiger partial charge in [0, 0.05) is 13.1 Å². The molecule has 2 heteroatoms. The zero-order valence-electron chi connectivity index (χ0n) is 6.71. The largest absolute Gasteiger partial charge is 0.345 e. The van der Waals surface area contributed by atoms with Crippen molar-refractivity contribution in [2.45, 2.75) is 20.3 Å². The van der Waals surface area contributed by atoms with Gasteiger partial charge in [-0.05, 0) is 18.3 Å². The van der Waals surface area contributed by atoms with E-state index in [-0.39, 0.29) is 0 Å². The van der Waals surface area contributed by atoms with Gasteiger partial charge in [-0.25, -0.2) is 0 Å². The maximum Gasteiger partial charge on any atom is 0.209 e. The number of carbonyl (C=O) groups is 1. The number of likely N-dealkylation sites (tertiary alicyclic amines) is 1. The quantitative estimate of drug-likeness (QED) is 0.501. The van der Waals surface area contributed by atoms with Crippen LogP contribution in [0.1, 0.15) is 20.3 Å². The number of nitrogens with zero attached hydrogens (tertiary/aromatic N) is 1. The summed E-state index contributed by atoms with van der Waals surface area (Å²) in [6.45, 7) is 6.31. The van der Waals surface area contributed by atoms with E-state index < -0.39 is 0 Å². The fourth-order valence-electron chi connectivity index (χ4n) is 1.80. The molecule has 0 bridgehead atoms. The summed E-state index contributed by atoms with van der Waals surface area (Å²) in [5, 5.41) is 0. The molecule has 0 N–H and O–H groups in total. The molecule has 10 heavy (non-hydrogen) atoms. The summed E-state index contributed by atoms with van der Waals surface area (Å²) >= 11 is 0. The lowest BCUT2D eigenvalue weighted by Crippen LogP contribution is -2.37. The fraction of sp³-hybridized carbons (Fsp3) is 0.875. The monoisotopic (exact) mass is 141 g/mol. The van der Waals surface area contributed by atoms with E-state index in [1.54, 1.807) is 0 Å². The van der Waals surface area contributed by atoms with E-state index in [1.165, 1.54) is 6.42 Å². The lowest BCUT2D eigenvalue weighted by Gasteiger charge is -2.32. The van der Waals surface area contributed by atoms with Crippen LogP contribution in [0, 0.1) is 11.8 Å². The van der Waals surface area contributed by atoms with Crippen molar-refractivity contribution < 1.29 is 4.79 Å². The van der Waals surface area contributed by atoms with Crippen molar-refractivity contribution in [1.82, 2.24) is 4.90 Å². The fourth-order valence-corrected chi connectivity index (χ4v) is 1.80. The molecule has 1 heterocycles. The predicted octanol–water partition coefficient (Wildman–Crippen LogP) is 1.12. The van der Waals surface area contributed by atoms with Gasteiger partial charge in [-0.15, -0.1) is 0 Å². The molecule has 1 fully saturated rings. The van der Waals surface area contributed by atoms with Crippen molar-refractivity contribution in [3.8, 4) is 0 Å². The van der Waals surface area contributed by atoms with Gasteiger partial charge in [0.25, 0.3) is 0 Å². The molecule has 2 nitrogen and oxygen atoms in total. The highest BCUT2D eigenvalue weighted by Gasteiger charge is 2.19. The van der Waals surface area contributed by atoms with Gasteiger partial charge in [-0.1, -0.05) is 13.8 Å². The molecule has 1 saturated heterocycles. The van der Waals surface area contributed by atoms with Crippen LogP contribution in [0.2, 0.25) is 0 Å². The third-order valence-electron chi connectivity index (χ3n) is 2.05. The number of carbonyl (C=O) groups excluding carboxylic acids is 1. The lowest BCUT2D eigenvalue weighted by atomic mass is 9.92. The minimum absolute atomic E-state index is 0.689. The van der Waals surface area contributed by atoms with Crippen LogP contribution in [-0.4, -0.2) is 24.4 Å². The highest BCUT2D eigenvalue weighted by molar-refractivity contribution is 5.47. The van der Waals surface area contributed by atoms with Gasteiger partial charge in [0.2, 0.25) is 6.41 Å². The first-order valence-electron chi connectivity index (χ1n) is 3.91. The van der Waals surface area contributed by atoms with Gasteiger partial charge in [0.1, 0.15) is 0 Å². The molecule has 0 spiro atoms. The van der Waals surface area contributed by atoms with E-state index in [0.29, 0.717) is 11.8 Å². The van der Waals surface area contributed by atoms with Gasteiger partial charge in [0.15, 0.2) is 0 Å². The topological polar surface area (TPSA) is 20.3 Å². The van der Waals surface area contributed by atoms with E-state index in [4.69, 9.17) is 0 Å². The highest BCUT2D eigenvalue weighted by atomic mass is 16.1. The van der Waals surface area contributed by atoms with Crippen LogP contribution in [0.4, 0.5) is 0 Å². The van der Waals surface area contributed by atoms with E-state index in [1.807, 2.05) is 4.90 Å². The predicted molar refractivity (Wildman–Crippen MR) is 40.6 cm³/mol. The molecule has 0 radical (unpaired) electrons. The minimum Gasteiger partial charge on any atom is -0.345 e. The van der Waals surface area contributed by atoms with E-state index in [2.05, 4.69) is 13.8 Å². The van der Waals surface area contributed by atoms with Crippen LogP contribution in [0.5, 0.6) is 0 Å². The van der Waals surface area contributed by atoms with Crippen LogP contribution < -0.4 is 0 Å². The van der Waals surface area contributed by atoms with Crippen LogP contribution in [0.15, 0.2) is 0 Å². The van der Waals surface area contributed by atoms with Crippen molar-refractivity contribution in [1.29, 1.82) is 0 Å². The maximum atomic E-state index is 10.4. The summed E-state index contributed by atoms with van der Waals surface area (Å²) < 4.78 is 0. The van der Waals surface area contributed by atoms with Crippen LogP contribution in [0.25, 0.3) is 0 Å². The molecule has 0 aromatic rings. The van der Waals surface area contributed by atoms with Gasteiger partial charge >= 0.3 is 0 Å². The molecule has 0 aromatic heterocycles. The number of hydrogen-bond acceptors (Lipinski definition) is 1. The lowest BCUT2D eigenvalue weighted by molar-refractivity contribution is -0.120. The second-order valence-corrected chi connectivity index (χ2v) is 3.51. The smallest absolute Gasteiger partial charge is 0.209 e. The molecule has 0 saturated carbocycles. The van der Waals surface area contributed by atoms with Crippen molar-refractivity contribution in [2.24, 2.45) is 11.8 Å². The normalized spacial score (nSPS) is 34.0. The molecule has 1 aliphatic rings. The molecule has 0 aromatic carbocycles. The number of piperidine rings is 1. The Hall–Kier alpha value is -0.530. The molecule has 0 aliphatic carbocycles. The summed E-state index contributed by atoms with van der Waals surface area (Å²) in [6, 6.07) is 0. The molecule has 1 aliphatic heterocycles. The van der Waals surface area contributed by atoms with Gasteiger partial charge in [-0.2, -0.15) is 0 Å². The Balaban J connectivity index is 2.42. The zero-order valence-corrected chi connectivity index (χ0v) is 6.71. The summed E-state index contributed by atoms with van der Waals surface area (Å²) in [5.74, 6) is 1.38. The second-order valence-electron chi connectivity index (χ2n) is 3.51. The molecule has 58 valence electrons. The van der Waals surface area contributed by atoms with Crippen LogP contribution >= 0.6 is 0 Å². The summed E-state index contributed by atoms with van der Waals surface area (Å²) in [5.41, 5.74) is 0. The van der Waals surface area contributed by atoms with Crippen molar-refractivity contribution >= 4 is 6.41 Å². The third-order valence-corrected chi connectivity index (χ3v) is 2.05. The van der Waals surface area contributed by atoms with Crippen LogP contribution in [0.3, 0.4) is 0 Å². The first kappa shape index (κ1) is 7.58. The van der Waals surface area contributed by atoms with Crippen molar-refractivity contribution in [3.05, 3.63) is 0 Å². The Morgan fingerprint density at radius 3 is 2.20 bits per heavy atom. The Morgan fingerprint density at radius 1 is 1.30 bits per heavy atom. The third kappa shape index (κ3) is 1.72. The molecule has 0 unspecified atom stereocenters. The van der Waals surface area contributed by atoms with E-state index >= 15 is 0 Å². The van der Waals surface area contributed by atoms with Crippen molar-refractivity contribution in [3.63, 3.8) is 0 Å².